The Morgan fingerprint density at radius 3 is 2.22 bits per heavy atom. The molecule has 27 heavy (non-hydrogen) atoms. The van der Waals surface area contributed by atoms with Crippen molar-refractivity contribution in [1.82, 2.24) is 0 Å². The molecule has 2 atom stereocenters. The first-order chi connectivity index (χ1) is 13.0. The molecule has 2 aliphatic heterocycles. The van der Waals surface area contributed by atoms with Gasteiger partial charge in [0.25, 0.3) is 0 Å². The van der Waals surface area contributed by atoms with E-state index in [9.17, 15) is 4.79 Å². The topological polar surface area (TPSA) is 29.5 Å². The highest BCUT2D eigenvalue weighted by Gasteiger charge is 2.50. The quantitative estimate of drug-likeness (QED) is 0.738. The molecule has 0 spiro atoms. The maximum atomic E-state index is 12.9. The van der Waals surface area contributed by atoms with Crippen molar-refractivity contribution in [2.45, 2.75) is 43.9 Å². The summed E-state index contributed by atoms with van der Waals surface area (Å²) in [5.41, 5.74) is 3.02. The van der Waals surface area contributed by atoms with Gasteiger partial charge in [-0.3, -0.25) is 4.90 Å². The van der Waals surface area contributed by atoms with Gasteiger partial charge in [-0.2, -0.15) is 0 Å². The van der Waals surface area contributed by atoms with Gasteiger partial charge in [0.1, 0.15) is 6.10 Å². The Hall–Kier alpha value is -2.33. The molecule has 0 aromatic heterocycles. The minimum absolute atomic E-state index is 0.0347. The zero-order valence-corrected chi connectivity index (χ0v) is 16.5. The average molecular weight is 365 g/mol. The van der Waals surface area contributed by atoms with E-state index in [4.69, 9.17) is 4.74 Å². The normalized spacial score (nSPS) is 25.8. The number of hydrogen-bond acceptors (Lipinski definition) is 2. The number of hydrogen-bond donors (Lipinski definition) is 0. The predicted molar refractivity (Wildman–Crippen MR) is 109 cm³/mol. The van der Waals surface area contributed by atoms with Crippen molar-refractivity contribution in [3.05, 3.63) is 54.6 Å². The van der Waals surface area contributed by atoms with Crippen LogP contribution in [0.1, 0.15) is 25.7 Å². The van der Waals surface area contributed by atoms with Crippen LogP contribution < -0.4 is 4.90 Å². The second-order valence-electron chi connectivity index (χ2n) is 8.43. The van der Waals surface area contributed by atoms with Gasteiger partial charge in [-0.15, -0.1) is 0 Å². The van der Waals surface area contributed by atoms with Crippen molar-refractivity contribution < 1.29 is 14.0 Å². The number of piperidine rings is 1. The number of quaternary nitrogens is 1. The molecule has 0 radical (unpaired) electrons. The van der Waals surface area contributed by atoms with Crippen LogP contribution >= 0.6 is 0 Å². The molecule has 2 bridgehead atoms. The molecule has 2 saturated heterocycles. The van der Waals surface area contributed by atoms with Gasteiger partial charge in [0, 0.05) is 38.3 Å². The number of anilines is 1. The van der Waals surface area contributed by atoms with Gasteiger partial charge in [-0.05, 0) is 11.6 Å². The van der Waals surface area contributed by atoms with Crippen LogP contribution in [0, 0.1) is 0 Å². The molecule has 2 aliphatic rings. The Labute approximate surface area is 161 Å². The van der Waals surface area contributed by atoms with Crippen LogP contribution in [-0.2, 0) is 4.74 Å². The summed E-state index contributed by atoms with van der Waals surface area (Å²) in [5.74, 6) is 0. The molecule has 0 N–H and O–H groups in total. The molecule has 4 heteroatoms. The molecule has 2 heterocycles. The van der Waals surface area contributed by atoms with E-state index >= 15 is 0 Å². The van der Waals surface area contributed by atoms with Gasteiger partial charge in [-0.25, -0.2) is 4.79 Å². The third-order valence-electron chi connectivity index (χ3n) is 6.68. The summed E-state index contributed by atoms with van der Waals surface area (Å²) >= 11 is 0. The largest absolute Gasteiger partial charge is 0.445 e. The highest BCUT2D eigenvalue weighted by Crippen LogP contribution is 2.41. The van der Waals surface area contributed by atoms with Crippen molar-refractivity contribution in [3.8, 4) is 11.1 Å². The average Bonchev–Trinajstić information content (AvgIpc) is 2.85. The molecule has 1 amide bonds. The minimum Gasteiger partial charge on any atom is -0.445 e. The molecule has 2 aromatic rings. The third kappa shape index (κ3) is 3.34. The Bertz CT molecular complexity index is 802. The lowest BCUT2D eigenvalue weighted by Crippen LogP contribution is -2.56. The summed E-state index contributed by atoms with van der Waals surface area (Å²) in [6.07, 6.45) is 4.23. The standard InChI is InChI=1S/C23H29N2O2/c1-24(22-12-8-7-11-21(22)17-9-5-4-6-10-17)23(26)27-20-15-18-13-14-19(16-20)25(18,2)3/h4-12,18-20H,13-16H2,1-3H3/q+1. The fraction of sp³-hybridized carbons (Fsp3) is 0.435. The van der Waals surface area contributed by atoms with E-state index in [-0.39, 0.29) is 12.2 Å². The van der Waals surface area contributed by atoms with Crippen LogP contribution in [0.5, 0.6) is 0 Å². The highest BCUT2D eigenvalue weighted by atomic mass is 16.6. The maximum Gasteiger partial charge on any atom is 0.414 e. The lowest BCUT2D eigenvalue weighted by atomic mass is 9.98. The summed E-state index contributed by atoms with van der Waals surface area (Å²) in [6, 6.07) is 19.4. The predicted octanol–water partition coefficient (Wildman–Crippen LogP) is 4.70. The van der Waals surface area contributed by atoms with Crippen molar-refractivity contribution in [1.29, 1.82) is 0 Å². The first-order valence-corrected chi connectivity index (χ1v) is 9.89. The number of benzene rings is 2. The van der Waals surface area contributed by atoms with Crippen LogP contribution in [0.2, 0.25) is 0 Å². The Balaban J connectivity index is 1.50. The van der Waals surface area contributed by atoms with Crippen LogP contribution in [0.4, 0.5) is 10.5 Å². The van der Waals surface area contributed by atoms with Crippen LogP contribution in [-0.4, -0.2) is 49.9 Å². The fourth-order valence-corrected chi connectivity index (χ4v) is 4.87. The Morgan fingerprint density at radius 1 is 0.963 bits per heavy atom. The van der Waals surface area contributed by atoms with Crippen LogP contribution in [0.3, 0.4) is 0 Å². The zero-order valence-electron chi connectivity index (χ0n) is 16.5. The van der Waals surface area contributed by atoms with E-state index in [2.05, 4.69) is 32.3 Å². The smallest absolute Gasteiger partial charge is 0.414 e. The van der Waals surface area contributed by atoms with E-state index in [1.54, 1.807) is 4.90 Å². The van der Waals surface area contributed by atoms with E-state index in [0.717, 1.165) is 34.1 Å². The van der Waals surface area contributed by atoms with E-state index in [0.29, 0.717) is 12.1 Å². The van der Waals surface area contributed by atoms with Crippen molar-refractivity contribution in [3.63, 3.8) is 0 Å². The summed E-state index contributed by atoms with van der Waals surface area (Å²) in [7, 11) is 6.45. The van der Waals surface area contributed by atoms with Crippen molar-refractivity contribution >= 4 is 11.8 Å². The van der Waals surface area contributed by atoms with E-state index in [1.165, 1.54) is 12.8 Å². The molecule has 2 unspecified atom stereocenters. The van der Waals surface area contributed by atoms with Gasteiger partial charge in [-0.1, -0.05) is 48.5 Å². The second kappa shape index (κ2) is 7.01. The molecule has 0 saturated carbocycles. The number of carbonyl (C=O) groups is 1. The van der Waals surface area contributed by atoms with Gasteiger partial charge >= 0.3 is 6.09 Å². The monoisotopic (exact) mass is 365 g/mol. The molecular weight excluding hydrogens is 336 g/mol. The molecule has 2 fully saturated rings. The van der Waals surface area contributed by atoms with Gasteiger partial charge < -0.3 is 9.22 Å². The van der Waals surface area contributed by atoms with Crippen LogP contribution in [0.25, 0.3) is 11.1 Å². The Morgan fingerprint density at radius 2 is 1.56 bits per heavy atom. The van der Waals surface area contributed by atoms with E-state index < -0.39 is 0 Å². The molecule has 142 valence electrons. The zero-order chi connectivity index (χ0) is 19.0. The molecular formula is C23H29N2O2+. The molecule has 4 nitrogen and oxygen atoms in total. The summed E-state index contributed by atoms with van der Waals surface area (Å²) < 4.78 is 7.03. The SMILES string of the molecule is CN(C(=O)OC1CC2CCC(C1)[N+]2(C)C)c1ccccc1-c1ccccc1. The van der Waals surface area contributed by atoms with Gasteiger partial charge in [0.15, 0.2) is 0 Å². The fourth-order valence-electron chi connectivity index (χ4n) is 4.87. The van der Waals surface area contributed by atoms with Gasteiger partial charge in [0.2, 0.25) is 0 Å². The summed E-state index contributed by atoms with van der Waals surface area (Å²) in [5, 5.41) is 0. The highest BCUT2D eigenvalue weighted by molar-refractivity contribution is 5.93. The van der Waals surface area contributed by atoms with Crippen molar-refractivity contribution in [2.75, 3.05) is 26.0 Å². The number of para-hydroxylation sites is 1. The summed E-state index contributed by atoms with van der Waals surface area (Å²) in [4.78, 5) is 14.5. The number of fused-ring (bicyclic) bond motifs is 2. The minimum atomic E-state index is -0.255. The number of carbonyl (C=O) groups excluding carboxylic acids is 1. The summed E-state index contributed by atoms with van der Waals surface area (Å²) in [6.45, 7) is 0. The molecule has 0 aliphatic carbocycles. The third-order valence-corrected chi connectivity index (χ3v) is 6.68. The molecule has 2 aromatic carbocycles. The second-order valence-corrected chi connectivity index (χ2v) is 8.43. The van der Waals surface area contributed by atoms with E-state index in [1.807, 2.05) is 43.4 Å². The number of nitrogens with zero attached hydrogens (tertiary/aromatic N) is 2. The first kappa shape index (κ1) is 18.1. The molecule has 4 rings (SSSR count). The van der Waals surface area contributed by atoms with Gasteiger partial charge in [0.05, 0.1) is 31.9 Å². The maximum absolute atomic E-state index is 12.9. The first-order valence-electron chi connectivity index (χ1n) is 9.89. The van der Waals surface area contributed by atoms with Crippen molar-refractivity contribution in [2.24, 2.45) is 0 Å². The lowest BCUT2D eigenvalue weighted by molar-refractivity contribution is -0.931. The number of amides is 1. The lowest BCUT2D eigenvalue weighted by Gasteiger charge is -2.44. The number of ether oxygens (including phenoxy) is 1. The van der Waals surface area contributed by atoms with Crippen LogP contribution in [0.15, 0.2) is 54.6 Å². The number of rotatable bonds is 3. The Kier molecular flexibility index (Phi) is 4.68.